The number of hydrogen-bond acceptors (Lipinski definition) is 0. The summed E-state index contributed by atoms with van der Waals surface area (Å²) in [5.41, 5.74) is 11.1. The molecule has 0 unspecified atom stereocenters. The van der Waals surface area contributed by atoms with Crippen molar-refractivity contribution in [3.8, 4) is 0 Å². The van der Waals surface area contributed by atoms with Crippen molar-refractivity contribution in [1.29, 1.82) is 0 Å². The second-order valence-corrected chi connectivity index (χ2v) is 4.12. The molecule has 1 N–H and O–H groups in total. The van der Waals surface area contributed by atoms with Crippen LogP contribution in [-0.4, -0.2) is 0 Å². The molecule has 14 heavy (non-hydrogen) atoms. The smallest absolute Gasteiger partial charge is 0.698 e. The third-order valence-corrected chi connectivity index (χ3v) is 2.37. The number of benzene rings is 1. The van der Waals surface area contributed by atoms with E-state index in [0.717, 1.165) is 16.8 Å². The Morgan fingerprint density at radius 2 is 1.29 bits per heavy atom. The topological polar surface area (TPSA) is 23.8 Å². The van der Waals surface area contributed by atoms with Crippen molar-refractivity contribution in [1.82, 2.24) is 0 Å². The third kappa shape index (κ3) is 2.80. The van der Waals surface area contributed by atoms with Crippen molar-refractivity contribution in [2.45, 2.75) is 39.5 Å². The van der Waals surface area contributed by atoms with Gasteiger partial charge in [0.2, 0.25) is 0 Å². The van der Waals surface area contributed by atoms with Crippen LogP contribution in [0.2, 0.25) is 0 Å². The van der Waals surface area contributed by atoms with Gasteiger partial charge in [0.1, 0.15) is 0 Å². The first kappa shape index (κ1) is 13.6. The fourth-order valence-electron chi connectivity index (χ4n) is 1.55. The van der Waals surface area contributed by atoms with Crippen LogP contribution in [0, 0.1) is 0 Å². The van der Waals surface area contributed by atoms with Gasteiger partial charge in [-0.25, -0.2) is 0 Å². The number of rotatable bonds is 2. The van der Waals surface area contributed by atoms with Crippen LogP contribution < -0.4 is 18.9 Å². The van der Waals surface area contributed by atoms with Crippen LogP contribution >= 0.6 is 0 Å². The van der Waals surface area contributed by atoms with E-state index in [1.165, 1.54) is 0 Å². The summed E-state index contributed by atoms with van der Waals surface area (Å²) in [5.74, 6) is 0.900. The summed E-state index contributed by atoms with van der Waals surface area (Å²) in [6, 6.07) is 6.17. The van der Waals surface area contributed by atoms with Crippen LogP contribution in [-0.2, 0) is 0 Å². The summed E-state index contributed by atoms with van der Waals surface area (Å²) in [6.07, 6.45) is 0. The van der Waals surface area contributed by atoms with Crippen molar-refractivity contribution in [2.75, 3.05) is 0 Å². The van der Waals surface area contributed by atoms with Gasteiger partial charge < -0.3 is 5.73 Å². The zero-order chi connectivity index (χ0) is 10.0. The van der Waals surface area contributed by atoms with Crippen LogP contribution in [0.4, 0.5) is 5.69 Å². The van der Waals surface area contributed by atoms with Crippen molar-refractivity contribution >= 4 is 5.69 Å². The Balaban J connectivity index is 0.00000169. The van der Waals surface area contributed by atoms with Gasteiger partial charge in [0.05, 0.1) is 0 Å². The molecule has 0 aliphatic heterocycles. The molecule has 0 amide bonds. The van der Waals surface area contributed by atoms with Crippen molar-refractivity contribution in [3.63, 3.8) is 0 Å². The molecule has 0 aromatic heterocycles. The van der Waals surface area contributed by atoms with E-state index in [1.54, 1.807) is 0 Å². The Morgan fingerprint density at radius 1 is 0.929 bits per heavy atom. The van der Waals surface area contributed by atoms with E-state index in [0.29, 0.717) is 11.8 Å². The van der Waals surface area contributed by atoms with E-state index < -0.39 is 0 Å². The van der Waals surface area contributed by atoms with Gasteiger partial charge in [-0.3, -0.25) is 0 Å². The van der Waals surface area contributed by atoms with Crippen molar-refractivity contribution < 1.29 is 18.9 Å². The van der Waals surface area contributed by atoms with E-state index in [-0.39, 0.29) is 18.9 Å². The van der Waals surface area contributed by atoms with Gasteiger partial charge >= 0.3 is 18.9 Å². The molecular weight excluding hydrogens is 165 g/mol. The Morgan fingerprint density at radius 3 is 1.57 bits per heavy atom. The van der Waals surface area contributed by atoms with E-state index in [9.17, 15) is 0 Å². The summed E-state index contributed by atoms with van der Waals surface area (Å²) >= 11 is 0. The zero-order valence-corrected chi connectivity index (χ0v) is 9.89. The molecular formula is C12H18LiN. The number of nitrogens with one attached hydrogen (secondary N) is 1. The predicted octanol–water partition coefficient (Wildman–Crippen LogP) is 1.62. The van der Waals surface area contributed by atoms with Gasteiger partial charge in [0.15, 0.2) is 0 Å². The van der Waals surface area contributed by atoms with Gasteiger partial charge in [-0.2, -0.15) is 0 Å². The monoisotopic (exact) mass is 183 g/mol. The predicted molar refractivity (Wildman–Crippen MR) is 58.6 cm³/mol. The first-order valence-electron chi connectivity index (χ1n) is 4.88. The average molecular weight is 183 g/mol. The van der Waals surface area contributed by atoms with Gasteiger partial charge in [0.25, 0.3) is 0 Å². The quantitative estimate of drug-likeness (QED) is 0.622. The molecule has 0 aliphatic carbocycles. The average Bonchev–Trinajstić information content (AvgIpc) is 2.03. The van der Waals surface area contributed by atoms with Crippen molar-refractivity contribution in [3.05, 3.63) is 35.1 Å². The molecule has 0 saturated heterocycles. The largest absolute Gasteiger partial charge is 1.00 e. The van der Waals surface area contributed by atoms with E-state index >= 15 is 0 Å². The maximum absolute atomic E-state index is 8.01. The van der Waals surface area contributed by atoms with Crippen LogP contribution in [0.3, 0.4) is 0 Å². The molecule has 0 atom stereocenters. The second-order valence-electron chi connectivity index (χ2n) is 4.12. The molecule has 0 fully saturated rings. The Bertz CT molecular complexity index is 266. The molecule has 0 aliphatic rings. The molecule has 0 bridgehead atoms. The molecule has 1 aromatic rings. The Labute approximate surface area is 99.3 Å². The van der Waals surface area contributed by atoms with E-state index in [2.05, 4.69) is 45.9 Å². The molecule has 0 radical (unpaired) electrons. The minimum Gasteiger partial charge on any atom is -0.698 e. The van der Waals surface area contributed by atoms with Gasteiger partial charge in [0, 0.05) is 0 Å². The summed E-state index contributed by atoms with van der Waals surface area (Å²) in [7, 11) is 0. The molecule has 1 nitrogen and oxygen atoms in total. The summed E-state index contributed by atoms with van der Waals surface area (Å²) in [6.45, 7) is 8.55. The second kappa shape index (κ2) is 5.49. The van der Waals surface area contributed by atoms with Gasteiger partial charge in [-0.1, -0.05) is 57.0 Å². The fourth-order valence-corrected chi connectivity index (χ4v) is 1.55. The maximum atomic E-state index is 8.01. The van der Waals surface area contributed by atoms with E-state index in [1.807, 2.05) is 0 Å². The van der Waals surface area contributed by atoms with Crippen LogP contribution in [0.15, 0.2) is 18.2 Å². The minimum atomic E-state index is 0. The fraction of sp³-hybridized carbons (Fsp3) is 0.500. The minimum absolute atomic E-state index is 0. The first-order valence-corrected chi connectivity index (χ1v) is 4.88. The summed E-state index contributed by atoms with van der Waals surface area (Å²) in [5, 5.41) is 0. The normalized spacial score (nSPS) is 10.4. The molecule has 1 aromatic carbocycles. The molecule has 0 spiro atoms. The molecule has 0 saturated carbocycles. The van der Waals surface area contributed by atoms with Crippen LogP contribution in [0.25, 0.3) is 5.73 Å². The Hall–Kier alpha value is -0.383. The molecule has 1 rings (SSSR count). The van der Waals surface area contributed by atoms with Crippen molar-refractivity contribution in [2.24, 2.45) is 0 Å². The number of hydrogen-bond donors (Lipinski definition) is 0. The SMILES string of the molecule is CC(C)c1cccc(C(C)C)c1[NH-].[Li+]. The molecule has 2 heteroatoms. The summed E-state index contributed by atoms with van der Waals surface area (Å²) < 4.78 is 0. The third-order valence-electron chi connectivity index (χ3n) is 2.37. The molecule has 72 valence electrons. The van der Waals surface area contributed by atoms with Gasteiger partial charge in [-0.15, -0.1) is 5.69 Å². The standard InChI is InChI=1S/C12H18N.Li/c1-8(2)10-6-5-7-11(9(3)4)12(10)13;/h5-9,13H,1-4H3;/q-1;+1. The van der Waals surface area contributed by atoms with Crippen LogP contribution in [0.1, 0.15) is 50.7 Å². The molecule has 0 heterocycles. The maximum Gasteiger partial charge on any atom is 1.00 e. The van der Waals surface area contributed by atoms with Gasteiger partial charge in [-0.05, 0) is 11.8 Å². The first-order chi connectivity index (χ1) is 6.04. The van der Waals surface area contributed by atoms with Crippen LogP contribution in [0.5, 0.6) is 0 Å². The summed E-state index contributed by atoms with van der Waals surface area (Å²) in [4.78, 5) is 0. The zero-order valence-electron chi connectivity index (χ0n) is 9.89. The Kier molecular flexibility index (Phi) is 5.34. The van der Waals surface area contributed by atoms with E-state index in [4.69, 9.17) is 5.73 Å².